The average Bonchev–Trinajstić information content (AvgIpc) is 1.97. The number of hydrogen-bond acceptors (Lipinski definition) is 1. The molecule has 0 fully saturated rings. The second-order valence-corrected chi connectivity index (χ2v) is 3.52. The molecule has 1 rings (SSSR count). The molecule has 11 heavy (non-hydrogen) atoms. The Kier molecular flexibility index (Phi) is 2.33. The van der Waals surface area contributed by atoms with Crippen LogP contribution in [0.3, 0.4) is 0 Å². The van der Waals surface area contributed by atoms with Crippen LogP contribution >= 0.6 is 0 Å². The summed E-state index contributed by atoms with van der Waals surface area (Å²) in [5.74, 6) is 0.0607. The first kappa shape index (κ1) is 8.72. The van der Waals surface area contributed by atoms with Crippen molar-refractivity contribution in [2.45, 2.75) is 39.3 Å². The fourth-order valence-electron chi connectivity index (χ4n) is 1.60. The Morgan fingerprint density at radius 2 is 2.00 bits per heavy atom. The predicted octanol–water partition coefficient (Wildman–Crippen LogP) is 2.34. The van der Waals surface area contributed by atoms with Crippen LogP contribution in [-0.2, 0) is 0 Å². The van der Waals surface area contributed by atoms with Crippen LogP contribution in [0, 0.1) is 0 Å². The third kappa shape index (κ3) is 1.45. The molecule has 1 nitrogen and oxygen atoms in total. The van der Waals surface area contributed by atoms with Gasteiger partial charge in [-0.25, -0.2) is 4.39 Å². The maximum Gasteiger partial charge on any atom is 0.116 e. The van der Waals surface area contributed by atoms with Crippen LogP contribution in [0.5, 0.6) is 0 Å². The van der Waals surface area contributed by atoms with Gasteiger partial charge < -0.3 is 0 Å². The molecule has 0 aromatic carbocycles. The minimum absolute atomic E-state index is 0.0289. The van der Waals surface area contributed by atoms with Crippen LogP contribution in [0.1, 0.15) is 27.2 Å². The largest absolute Gasteiger partial charge is 0.294 e. The highest BCUT2D eigenvalue weighted by atomic mass is 19.1. The Labute approximate surface area is 67.9 Å². The molecule has 64 valence electrons. The first-order valence-corrected chi connectivity index (χ1v) is 4.11. The predicted molar refractivity (Wildman–Crippen MR) is 45.1 cm³/mol. The molecular formula is C9H16FN. The Balaban J connectivity index is 2.86. The van der Waals surface area contributed by atoms with E-state index in [9.17, 15) is 4.39 Å². The van der Waals surface area contributed by atoms with Gasteiger partial charge in [-0.05, 0) is 39.8 Å². The summed E-state index contributed by atoms with van der Waals surface area (Å²) >= 11 is 0. The molecule has 0 saturated heterocycles. The quantitative estimate of drug-likeness (QED) is 0.521. The molecule has 0 radical (unpaired) electrons. The summed E-state index contributed by atoms with van der Waals surface area (Å²) in [7, 11) is 1.97. The molecule has 0 N–H and O–H groups in total. The molecule has 2 atom stereocenters. The van der Waals surface area contributed by atoms with Crippen molar-refractivity contribution in [2.24, 2.45) is 0 Å². The molecular weight excluding hydrogens is 141 g/mol. The van der Waals surface area contributed by atoms with E-state index in [2.05, 4.69) is 11.8 Å². The molecule has 0 spiro atoms. The summed E-state index contributed by atoms with van der Waals surface area (Å²) in [6, 6.07) is 0.447. The summed E-state index contributed by atoms with van der Waals surface area (Å²) < 4.78 is 13.2. The lowest BCUT2D eigenvalue weighted by Crippen LogP contribution is -2.41. The number of rotatable bonds is 0. The maximum absolute atomic E-state index is 13.2. The van der Waals surface area contributed by atoms with Gasteiger partial charge in [-0.2, -0.15) is 0 Å². The fourth-order valence-corrected chi connectivity index (χ4v) is 1.60. The lowest BCUT2D eigenvalue weighted by atomic mass is 9.98. The summed E-state index contributed by atoms with van der Waals surface area (Å²) in [5.41, 5.74) is 0.920. The molecule has 0 bridgehead atoms. The highest BCUT2D eigenvalue weighted by Gasteiger charge is 2.26. The second kappa shape index (κ2) is 2.94. The monoisotopic (exact) mass is 157 g/mol. The van der Waals surface area contributed by atoms with Gasteiger partial charge in [0.1, 0.15) is 5.83 Å². The van der Waals surface area contributed by atoms with E-state index in [0.717, 1.165) is 12.0 Å². The van der Waals surface area contributed by atoms with Crippen LogP contribution in [0.15, 0.2) is 11.4 Å². The van der Waals surface area contributed by atoms with E-state index in [1.54, 1.807) is 0 Å². The van der Waals surface area contributed by atoms with Gasteiger partial charge in [0.25, 0.3) is 0 Å². The zero-order valence-corrected chi connectivity index (χ0v) is 7.69. The number of likely N-dealkylation sites (N-methyl/N-ethyl adjacent to an activating group) is 1. The molecule has 1 aliphatic heterocycles. The summed E-state index contributed by atoms with van der Waals surface area (Å²) in [6.45, 7) is 5.93. The van der Waals surface area contributed by atoms with Gasteiger partial charge in [0.05, 0.1) is 6.04 Å². The minimum Gasteiger partial charge on any atom is -0.294 e. The van der Waals surface area contributed by atoms with Crippen LogP contribution in [0.25, 0.3) is 0 Å². The summed E-state index contributed by atoms with van der Waals surface area (Å²) in [4.78, 5) is 2.07. The Morgan fingerprint density at radius 3 is 2.55 bits per heavy atom. The summed E-state index contributed by atoms with van der Waals surface area (Å²) in [6.07, 6.45) is 0.868. The lowest BCUT2D eigenvalue weighted by Gasteiger charge is -2.35. The van der Waals surface area contributed by atoms with Crippen molar-refractivity contribution in [3.8, 4) is 0 Å². The molecule has 1 aliphatic rings. The van der Waals surface area contributed by atoms with E-state index in [1.165, 1.54) is 0 Å². The second-order valence-electron chi connectivity index (χ2n) is 3.52. The highest BCUT2D eigenvalue weighted by molar-refractivity contribution is 5.16. The zero-order chi connectivity index (χ0) is 8.59. The first-order valence-electron chi connectivity index (χ1n) is 4.11. The number of hydrogen-bond donors (Lipinski definition) is 0. The van der Waals surface area contributed by atoms with Gasteiger partial charge in [0.2, 0.25) is 0 Å². The number of nitrogens with zero attached hydrogens (tertiary/aromatic N) is 1. The van der Waals surface area contributed by atoms with Crippen LogP contribution in [-0.4, -0.2) is 24.0 Å². The highest BCUT2D eigenvalue weighted by Crippen LogP contribution is 2.27. The van der Waals surface area contributed by atoms with Crippen molar-refractivity contribution in [2.75, 3.05) is 7.05 Å². The van der Waals surface area contributed by atoms with Crippen molar-refractivity contribution in [1.82, 2.24) is 4.90 Å². The lowest BCUT2D eigenvalue weighted by molar-refractivity contribution is 0.177. The van der Waals surface area contributed by atoms with Crippen molar-refractivity contribution >= 4 is 0 Å². The molecule has 0 aromatic heterocycles. The van der Waals surface area contributed by atoms with E-state index in [4.69, 9.17) is 0 Å². The van der Waals surface area contributed by atoms with Crippen molar-refractivity contribution < 1.29 is 4.39 Å². The molecule has 0 aliphatic carbocycles. The van der Waals surface area contributed by atoms with Gasteiger partial charge >= 0.3 is 0 Å². The van der Waals surface area contributed by atoms with Gasteiger partial charge in [-0.3, -0.25) is 4.90 Å². The first-order chi connectivity index (χ1) is 5.04. The molecule has 0 amide bonds. The molecule has 0 saturated carbocycles. The zero-order valence-electron chi connectivity index (χ0n) is 7.69. The SMILES string of the molecule is CC1=C(F)[C@@H](C)N(C)[C@@H](C)C1. The van der Waals surface area contributed by atoms with E-state index in [1.807, 2.05) is 20.9 Å². The van der Waals surface area contributed by atoms with Gasteiger partial charge in [-0.1, -0.05) is 0 Å². The van der Waals surface area contributed by atoms with Crippen molar-refractivity contribution in [3.05, 3.63) is 11.4 Å². The van der Waals surface area contributed by atoms with E-state index >= 15 is 0 Å². The van der Waals surface area contributed by atoms with Crippen LogP contribution in [0.4, 0.5) is 4.39 Å². The topological polar surface area (TPSA) is 3.24 Å². The molecule has 0 aromatic rings. The van der Waals surface area contributed by atoms with Crippen molar-refractivity contribution in [3.63, 3.8) is 0 Å². The van der Waals surface area contributed by atoms with E-state index < -0.39 is 0 Å². The van der Waals surface area contributed by atoms with Gasteiger partial charge in [0.15, 0.2) is 0 Å². The van der Waals surface area contributed by atoms with E-state index in [0.29, 0.717) is 6.04 Å². The normalized spacial score (nSPS) is 34.6. The minimum atomic E-state index is -0.0289. The Hall–Kier alpha value is -0.370. The molecule has 2 heteroatoms. The smallest absolute Gasteiger partial charge is 0.116 e. The standard InChI is InChI=1S/C9H16FN/c1-6-5-7(2)11(4)8(3)9(6)10/h7-8H,5H2,1-4H3/t7-,8+/m0/s1. The van der Waals surface area contributed by atoms with Gasteiger partial charge in [0, 0.05) is 6.04 Å². The average molecular weight is 157 g/mol. The van der Waals surface area contributed by atoms with E-state index in [-0.39, 0.29) is 11.9 Å². The van der Waals surface area contributed by atoms with Crippen LogP contribution < -0.4 is 0 Å². The third-order valence-corrected chi connectivity index (χ3v) is 2.68. The molecule has 0 unspecified atom stereocenters. The Bertz CT molecular complexity index is 186. The Morgan fingerprint density at radius 1 is 1.45 bits per heavy atom. The van der Waals surface area contributed by atoms with Gasteiger partial charge in [-0.15, -0.1) is 0 Å². The van der Waals surface area contributed by atoms with Crippen LogP contribution in [0.2, 0.25) is 0 Å². The third-order valence-electron chi connectivity index (χ3n) is 2.68. The molecule has 1 heterocycles. The fraction of sp³-hybridized carbons (Fsp3) is 0.778. The summed E-state index contributed by atoms with van der Waals surface area (Å²) in [5, 5.41) is 0. The number of halogens is 1. The van der Waals surface area contributed by atoms with Crippen molar-refractivity contribution in [1.29, 1.82) is 0 Å². The maximum atomic E-state index is 13.2.